The lowest BCUT2D eigenvalue weighted by Gasteiger charge is -2.38. The van der Waals surface area contributed by atoms with Gasteiger partial charge in [0.2, 0.25) is 0 Å². The molecule has 2 fully saturated rings. The molecular formula is C18H22ClFO. The van der Waals surface area contributed by atoms with E-state index in [-0.39, 0.29) is 10.9 Å². The summed E-state index contributed by atoms with van der Waals surface area (Å²) in [5.41, 5.74) is 0.831. The summed E-state index contributed by atoms with van der Waals surface area (Å²) in [6.07, 6.45) is 9.07. The van der Waals surface area contributed by atoms with Crippen LogP contribution in [0.4, 0.5) is 4.39 Å². The summed E-state index contributed by atoms with van der Waals surface area (Å²) in [7, 11) is 0. The molecule has 0 radical (unpaired) electrons. The first-order chi connectivity index (χ1) is 10.1. The van der Waals surface area contributed by atoms with Crippen LogP contribution in [0.5, 0.6) is 0 Å². The highest BCUT2D eigenvalue weighted by atomic mass is 35.5. The molecular weight excluding hydrogens is 287 g/mol. The normalized spacial score (nSPS) is 29.0. The van der Waals surface area contributed by atoms with Gasteiger partial charge >= 0.3 is 0 Å². The Bertz CT molecular complexity index is 528. The van der Waals surface area contributed by atoms with E-state index < -0.39 is 5.82 Å². The first kappa shape index (κ1) is 15.0. The minimum Gasteiger partial charge on any atom is -0.299 e. The van der Waals surface area contributed by atoms with Crippen LogP contribution < -0.4 is 0 Å². The van der Waals surface area contributed by atoms with Crippen molar-refractivity contribution in [2.75, 3.05) is 0 Å². The quantitative estimate of drug-likeness (QED) is 0.750. The van der Waals surface area contributed by atoms with Crippen molar-refractivity contribution < 1.29 is 9.18 Å². The van der Waals surface area contributed by atoms with E-state index in [2.05, 4.69) is 0 Å². The number of fused-ring (bicyclic) bond motifs is 1. The molecule has 0 amide bonds. The van der Waals surface area contributed by atoms with Gasteiger partial charge in [-0.1, -0.05) is 43.4 Å². The van der Waals surface area contributed by atoms with E-state index in [0.29, 0.717) is 12.2 Å². The Morgan fingerprint density at radius 3 is 2.67 bits per heavy atom. The molecule has 0 bridgehead atoms. The third-order valence-electron chi connectivity index (χ3n) is 5.36. The Morgan fingerprint density at radius 1 is 1.14 bits per heavy atom. The molecule has 1 aromatic carbocycles. The molecule has 0 aliphatic heterocycles. The summed E-state index contributed by atoms with van der Waals surface area (Å²) >= 11 is 5.79. The van der Waals surface area contributed by atoms with Crippen molar-refractivity contribution in [2.24, 2.45) is 17.8 Å². The third-order valence-corrected chi connectivity index (χ3v) is 5.65. The average molecular weight is 309 g/mol. The first-order valence-electron chi connectivity index (χ1n) is 8.10. The number of rotatable bonds is 3. The minimum atomic E-state index is -0.421. The molecule has 0 spiro atoms. The summed E-state index contributed by atoms with van der Waals surface area (Å²) in [4.78, 5) is 12.5. The van der Waals surface area contributed by atoms with Gasteiger partial charge in [-0.2, -0.15) is 0 Å². The van der Waals surface area contributed by atoms with E-state index in [4.69, 9.17) is 11.6 Å². The van der Waals surface area contributed by atoms with Gasteiger partial charge in [0.15, 0.2) is 0 Å². The topological polar surface area (TPSA) is 17.1 Å². The van der Waals surface area contributed by atoms with Crippen LogP contribution in [0.3, 0.4) is 0 Å². The zero-order valence-corrected chi connectivity index (χ0v) is 13.0. The monoisotopic (exact) mass is 308 g/mol. The van der Waals surface area contributed by atoms with E-state index >= 15 is 0 Å². The van der Waals surface area contributed by atoms with Crippen LogP contribution >= 0.6 is 11.6 Å². The van der Waals surface area contributed by atoms with Crippen LogP contribution in [0, 0.1) is 23.6 Å². The third kappa shape index (κ3) is 3.48. The van der Waals surface area contributed by atoms with Gasteiger partial charge in [-0.05, 0) is 48.8 Å². The largest absolute Gasteiger partial charge is 0.299 e. The summed E-state index contributed by atoms with van der Waals surface area (Å²) in [5, 5.41) is 0.108. The number of hydrogen-bond donors (Lipinski definition) is 0. The van der Waals surface area contributed by atoms with Crippen molar-refractivity contribution in [1.29, 1.82) is 0 Å². The highest BCUT2D eigenvalue weighted by molar-refractivity contribution is 6.30. The summed E-state index contributed by atoms with van der Waals surface area (Å²) < 4.78 is 13.2. The van der Waals surface area contributed by atoms with Crippen molar-refractivity contribution in [3.05, 3.63) is 34.6 Å². The van der Waals surface area contributed by atoms with Crippen molar-refractivity contribution in [1.82, 2.24) is 0 Å². The van der Waals surface area contributed by atoms with E-state index in [1.807, 2.05) is 0 Å². The molecule has 0 saturated heterocycles. The average Bonchev–Trinajstić information content (AvgIpc) is 2.50. The van der Waals surface area contributed by atoms with E-state index in [0.717, 1.165) is 30.2 Å². The van der Waals surface area contributed by atoms with Crippen LogP contribution in [0.1, 0.15) is 50.5 Å². The maximum atomic E-state index is 13.2. The Labute approximate surface area is 130 Å². The molecule has 0 aromatic heterocycles. The standard InChI is InChI=1S/C18H22ClFO/c19-16-9-12(5-8-17(16)20)10-18(21)15-7-6-13-3-1-2-4-14(13)11-15/h5,8-9,13-15H,1-4,6-7,10-11H2. The van der Waals surface area contributed by atoms with Crippen molar-refractivity contribution in [2.45, 2.75) is 51.4 Å². The van der Waals surface area contributed by atoms with E-state index in [1.54, 1.807) is 12.1 Å². The highest BCUT2D eigenvalue weighted by Gasteiger charge is 2.34. The van der Waals surface area contributed by atoms with Gasteiger partial charge in [-0.15, -0.1) is 0 Å². The number of carbonyl (C=O) groups excluding carboxylic acids is 1. The molecule has 114 valence electrons. The molecule has 0 heterocycles. The van der Waals surface area contributed by atoms with Crippen molar-refractivity contribution in [3.8, 4) is 0 Å². The van der Waals surface area contributed by atoms with Crippen molar-refractivity contribution in [3.63, 3.8) is 0 Å². The fourth-order valence-electron chi connectivity index (χ4n) is 4.16. The lowest BCUT2D eigenvalue weighted by Crippen LogP contribution is -2.31. The fraction of sp³-hybridized carbons (Fsp3) is 0.611. The number of Topliss-reactive ketones (excluding diaryl/α,β-unsaturated/α-hetero) is 1. The molecule has 2 aliphatic rings. The summed E-state index contributed by atoms with van der Waals surface area (Å²) in [5.74, 6) is 1.71. The van der Waals surface area contributed by atoms with Gasteiger partial charge in [0, 0.05) is 12.3 Å². The second-order valence-electron chi connectivity index (χ2n) is 6.71. The predicted octanol–water partition coefficient (Wildman–Crippen LogP) is 5.20. The minimum absolute atomic E-state index is 0.108. The lowest BCUT2D eigenvalue weighted by molar-refractivity contribution is -0.124. The number of halogens is 2. The smallest absolute Gasteiger partial charge is 0.141 e. The van der Waals surface area contributed by atoms with Gasteiger partial charge in [0.25, 0.3) is 0 Å². The first-order valence-corrected chi connectivity index (χ1v) is 8.48. The highest BCUT2D eigenvalue weighted by Crippen LogP contribution is 2.43. The fourth-order valence-corrected chi connectivity index (χ4v) is 4.36. The Morgan fingerprint density at radius 2 is 1.90 bits per heavy atom. The second-order valence-corrected chi connectivity index (χ2v) is 7.11. The van der Waals surface area contributed by atoms with Gasteiger partial charge in [0.1, 0.15) is 11.6 Å². The molecule has 0 N–H and O–H groups in total. The number of ketones is 1. The molecule has 3 rings (SSSR count). The molecule has 3 atom stereocenters. The lowest BCUT2D eigenvalue weighted by atomic mass is 9.66. The molecule has 21 heavy (non-hydrogen) atoms. The molecule has 3 unspecified atom stereocenters. The summed E-state index contributed by atoms with van der Waals surface area (Å²) in [6, 6.07) is 4.61. The van der Waals surface area contributed by atoms with Crippen LogP contribution in [0.25, 0.3) is 0 Å². The van der Waals surface area contributed by atoms with Gasteiger partial charge in [0.05, 0.1) is 5.02 Å². The number of carbonyl (C=O) groups is 1. The molecule has 1 aromatic rings. The van der Waals surface area contributed by atoms with E-state index in [9.17, 15) is 9.18 Å². The van der Waals surface area contributed by atoms with Crippen LogP contribution in [-0.4, -0.2) is 5.78 Å². The zero-order chi connectivity index (χ0) is 14.8. The Hall–Kier alpha value is -0.890. The summed E-state index contributed by atoms with van der Waals surface area (Å²) in [6.45, 7) is 0. The molecule has 2 saturated carbocycles. The van der Waals surface area contributed by atoms with Crippen LogP contribution in [0.15, 0.2) is 18.2 Å². The van der Waals surface area contributed by atoms with Gasteiger partial charge in [-0.25, -0.2) is 4.39 Å². The maximum absolute atomic E-state index is 13.2. The van der Waals surface area contributed by atoms with E-state index in [1.165, 1.54) is 38.2 Å². The van der Waals surface area contributed by atoms with Crippen molar-refractivity contribution >= 4 is 17.4 Å². The molecule has 2 aliphatic carbocycles. The zero-order valence-electron chi connectivity index (χ0n) is 12.3. The van der Waals surface area contributed by atoms with Gasteiger partial charge in [-0.3, -0.25) is 4.79 Å². The van der Waals surface area contributed by atoms with Gasteiger partial charge < -0.3 is 0 Å². The predicted molar refractivity (Wildman–Crippen MR) is 82.9 cm³/mol. The number of benzene rings is 1. The second kappa shape index (κ2) is 6.48. The Balaban J connectivity index is 1.61. The molecule has 3 heteroatoms. The van der Waals surface area contributed by atoms with Crippen LogP contribution in [-0.2, 0) is 11.2 Å². The SMILES string of the molecule is O=C(Cc1ccc(F)c(Cl)c1)C1CCC2CCCCC2C1. The molecule has 1 nitrogen and oxygen atoms in total. The Kier molecular flexibility index (Phi) is 4.63. The van der Waals surface area contributed by atoms with Crippen LogP contribution in [0.2, 0.25) is 5.02 Å². The number of hydrogen-bond acceptors (Lipinski definition) is 1. The maximum Gasteiger partial charge on any atom is 0.141 e.